The minimum Gasteiger partial charge on any atom is -0.352 e. The highest BCUT2D eigenvalue weighted by Crippen LogP contribution is 2.34. The van der Waals surface area contributed by atoms with Gasteiger partial charge in [0, 0.05) is 16.1 Å². The van der Waals surface area contributed by atoms with Gasteiger partial charge in [-0.05, 0) is 18.9 Å². The van der Waals surface area contributed by atoms with Gasteiger partial charge in [-0.2, -0.15) is 0 Å². The Morgan fingerprint density at radius 2 is 1.95 bits per heavy atom. The van der Waals surface area contributed by atoms with E-state index in [2.05, 4.69) is 10.6 Å². The van der Waals surface area contributed by atoms with E-state index in [-0.39, 0.29) is 24.4 Å². The average molecular weight is 337 g/mol. The Kier molecular flexibility index (Phi) is 4.64. The number of carbonyl (C=O) groups excluding carboxylic acids is 2. The maximum atomic E-state index is 12.2. The van der Waals surface area contributed by atoms with Crippen molar-refractivity contribution in [2.45, 2.75) is 31.7 Å². The number of halogens is 1. The maximum Gasteiger partial charge on any atom is 0.263 e. The molecular weight excluding hydrogens is 320 g/mol. The van der Waals surface area contributed by atoms with E-state index in [0.29, 0.717) is 9.90 Å². The summed E-state index contributed by atoms with van der Waals surface area (Å²) < 4.78 is 0.966. The zero-order valence-corrected chi connectivity index (χ0v) is 13.6. The summed E-state index contributed by atoms with van der Waals surface area (Å²) in [4.78, 5) is 24.5. The summed E-state index contributed by atoms with van der Waals surface area (Å²) in [5.41, 5.74) is 0. The number of hydrogen-bond acceptors (Lipinski definition) is 3. The molecule has 6 heteroatoms. The van der Waals surface area contributed by atoms with Crippen LogP contribution in [0.4, 0.5) is 0 Å². The van der Waals surface area contributed by atoms with Crippen LogP contribution < -0.4 is 10.6 Å². The molecule has 1 heterocycles. The maximum absolute atomic E-state index is 12.2. The SMILES string of the molecule is O=C(CNC(=O)c1sc2ccccc2c1Cl)NC1CCCC1. The third-order valence-electron chi connectivity index (χ3n) is 3.87. The van der Waals surface area contributed by atoms with E-state index < -0.39 is 0 Å². The Morgan fingerprint density at radius 1 is 1.23 bits per heavy atom. The van der Waals surface area contributed by atoms with Gasteiger partial charge in [0.15, 0.2) is 0 Å². The van der Waals surface area contributed by atoms with Crippen molar-refractivity contribution in [3.8, 4) is 0 Å². The van der Waals surface area contributed by atoms with E-state index in [1.165, 1.54) is 11.3 Å². The number of hydrogen-bond donors (Lipinski definition) is 2. The number of carbonyl (C=O) groups is 2. The highest BCUT2D eigenvalue weighted by atomic mass is 35.5. The highest BCUT2D eigenvalue weighted by molar-refractivity contribution is 7.21. The second-order valence-corrected chi connectivity index (χ2v) is 6.90. The first-order chi connectivity index (χ1) is 10.6. The second-order valence-electron chi connectivity index (χ2n) is 5.47. The van der Waals surface area contributed by atoms with Gasteiger partial charge in [0.25, 0.3) is 5.91 Å². The third-order valence-corrected chi connectivity index (χ3v) is 5.55. The van der Waals surface area contributed by atoms with Crippen LogP contribution in [0.2, 0.25) is 5.02 Å². The molecular formula is C16H17ClN2O2S. The normalized spacial score (nSPS) is 15.1. The van der Waals surface area contributed by atoms with Gasteiger partial charge < -0.3 is 10.6 Å². The number of fused-ring (bicyclic) bond motifs is 1. The predicted octanol–water partition coefficient (Wildman–Crippen LogP) is 3.34. The molecule has 0 bridgehead atoms. The van der Waals surface area contributed by atoms with Crippen molar-refractivity contribution in [3.05, 3.63) is 34.2 Å². The summed E-state index contributed by atoms with van der Waals surface area (Å²) in [6.45, 7) is -0.0140. The minimum absolute atomic E-state index is 0.0140. The van der Waals surface area contributed by atoms with Crippen molar-refractivity contribution in [1.82, 2.24) is 10.6 Å². The molecule has 0 spiro atoms. The van der Waals surface area contributed by atoms with Crippen LogP contribution in [0.5, 0.6) is 0 Å². The van der Waals surface area contributed by atoms with Gasteiger partial charge in [0.2, 0.25) is 5.91 Å². The Morgan fingerprint density at radius 3 is 2.68 bits per heavy atom. The fourth-order valence-electron chi connectivity index (χ4n) is 2.75. The van der Waals surface area contributed by atoms with E-state index >= 15 is 0 Å². The van der Waals surface area contributed by atoms with Crippen LogP contribution in [0.25, 0.3) is 10.1 Å². The van der Waals surface area contributed by atoms with Crippen LogP contribution in [0.15, 0.2) is 24.3 Å². The van der Waals surface area contributed by atoms with Gasteiger partial charge in [-0.25, -0.2) is 0 Å². The summed E-state index contributed by atoms with van der Waals surface area (Å²) in [6.07, 6.45) is 4.38. The summed E-state index contributed by atoms with van der Waals surface area (Å²) >= 11 is 7.59. The van der Waals surface area contributed by atoms with Gasteiger partial charge in [-0.15, -0.1) is 11.3 Å². The fraction of sp³-hybridized carbons (Fsp3) is 0.375. The molecule has 22 heavy (non-hydrogen) atoms. The van der Waals surface area contributed by atoms with Gasteiger partial charge in [0.1, 0.15) is 4.88 Å². The zero-order chi connectivity index (χ0) is 15.5. The van der Waals surface area contributed by atoms with Crippen molar-refractivity contribution in [3.63, 3.8) is 0 Å². The smallest absolute Gasteiger partial charge is 0.263 e. The average Bonchev–Trinajstić information content (AvgIpc) is 3.13. The predicted molar refractivity (Wildman–Crippen MR) is 89.6 cm³/mol. The summed E-state index contributed by atoms with van der Waals surface area (Å²) in [6, 6.07) is 7.87. The second kappa shape index (κ2) is 6.67. The quantitative estimate of drug-likeness (QED) is 0.899. The summed E-state index contributed by atoms with van der Waals surface area (Å²) in [7, 11) is 0. The molecule has 1 fully saturated rings. The van der Waals surface area contributed by atoms with Crippen molar-refractivity contribution in [1.29, 1.82) is 0 Å². The molecule has 116 valence electrons. The first kappa shape index (κ1) is 15.3. The largest absolute Gasteiger partial charge is 0.352 e. The van der Waals surface area contributed by atoms with Crippen LogP contribution in [0.1, 0.15) is 35.4 Å². The van der Waals surface area contributed by atoms with Crippen LogP contribution >= 0.6 is 22.9 Å². The molecule has 0 atom stereocenters. The zero-order valence-electron chi connectivity index (χ0n) is 12.0. The van der Waals surface area contributed by atoms with Crippen LogP contribution in [-0.4, -0.2) is 24.4 Å². The minimum atomic E-state index is -0.298. The van der Waals surface area contributed by atoms with E-state index in [0.717, 1.165) is 35.8 Å². The number of amides is 2. The molecule has 1 aliphatic rings. The lowest BCUT2D eigenvalue weighted by atomic mass is 10.2. The molecule has 0 saturated heterocycles. The van der Waals surface area contributed by atoms with Gasteiger partial charge in [-0.3, -0.25) is 9.59 Å². The van der Waals surface area contributed by atoms with Gasteiger partial charge in [0.05, 0.1) is 11.6 Å². The standard InChI is InChI=1S/C16H17ClN2O2S/c17-14-11-7-3-4-8-12(11)22-15(14)16(21)18-9-13(20)19-10-5-1-2-6-10/h3-4,7-8,10H,1-2,5-6,9H2,(H,18,21)(H,19,20). The van der Waals surface area contributed by atoms with Gasteiger partial charge in [-0.1, -0.05) is 42.6 Å². The van der Waals surface area contributed by atoms with Crippen molar-refractivity contribution < 1.29 is 9.59 Å². The van der Waals surface area contributed by atoms with Crippen molar-refractivity contribution in [2.24, 2.45) is 0 Å². The molecule has 0 aliphatic heterocycles. The van der Waals surface area contributed by atoms with Gasteiger partial charge >= 0.3 is 0 Å². The number of benzene rings is 1. The highest BCUT2D eigenvalue weighted by Gasteiger charge is 2.19. The molecule has 1 aromatic heterocycles. The van der Waals surface area contributed by atoms with Crippen molar-refractivity contribution in [2.75, 3.05) is 6.54 Å². The van der Waals surface area contributed by atoms with E-state index in [9.17, 15) is 9.59 Å². The molecule has 1 aliphatic carbocycles. The van der Waals surface area contributed by atoms with Crippen LogP contribution in [0.3, 0.4) is 0 Å². The Hall–Kier alpha value is -1.59. The molecule has 3 rings (SSSR count). The first-order valence-electron chi connectivity index (χ1n) is 7.40. The molecule has 0 radical (unpaired) electrons. The van der Waals surface area contributed by atoms with E-state index in [4.69, 9.17) is 11.6 Å². The summed E-state index contributed by atoms with van der Waals surface area (Å²) in [5, 5.41) is 6.92. The molecule has 4 nitrogen and oxygen atoms in total. The molecule has 2 N–H and O–H groups in total. The van der Waals surface area contributed by atoms with Crippen molar-refractivity contribution >= 4 is 44.8 Å². The molecule has 2 aromatic rings. The van der Waals surface area contributed by atoms with Crippen LogP contribution in [-0.2, 0) is 4.79 Å². The fourth-order valence-corrected chi connectivity index (χ4v) is 4.18. The lowest BCUT2D eigenvalue weighted by Crippen LogP contribution is -2.40. The molecule has 2 amide bonds. The van der Waals surface area contributed by atoms with E-state index in [1.807, 2.05) is 24.3 Å². The first-order valence-corrected chi connectivity index (χ1v) is 8.59. The number of thiophene rings is 1. The summed E-state index contributed by atoms with van der Waals surface area (Å²) in [5.74, 6) is -0.440. The Labute approximate surface area is 137 Å². The van der Waals surface area contributed by atoms with Crippen LogP contribution in [0, 0.1) is 0 Å². The lowest BCUT2D eigenvalue weighted by Gasteiger charge is -2.12. The topological polar surface area (TPSA) is 58.2 Å². The number of nitrogens with one attached hydrogen (secondary N) is 2. The molecule has 0 unspecified atom stereocenters. The third kappa shape index (κ3) is 3.25. The lowest BCUT2D eigenvalue weighted by molar-refractivity contribution is -0.120. The Bertz CT molecular complexity index is 707. The number of rotatable bonds is 4. The Balaban J connectivity index is 1.61. The molecule has 1 aromatic carbocycles. The van der Waals surface area contributed by atoms with E-state index in [1.54, 1.807) is 0 Å². The molecule has 1 saturated carbocycles. The monoisotopic (exact) mass is 336 g/mol.